The number of hydrogen-bond acceptors (Lipinski definition) is 4. The standard InChI is InChI=1S/C14H13N3O2/c1-2-14(19)17-13-6-11(3-4-16-13)12-5-10(9-18)7-15-8-12/h3-9H,2H2,1H3,(H,16,17,19). The molecule has 0 fully saturated rings. The molecule has 5 nitrogen and oxygen atoms in total. The Morgan fingerprint density at radius 1 is 1.32 bits per heavy atom. The molecule has 0 bridgehead atoms. The van der Waals surface area contributed by atoms with Gasteiger partial charge in [0.1, 0.15) is 5.82 Å². The van der Waals surface area contributed by atoms with Gasteiger partial charge in [0.25, 0.3) is 0 Å². The van der Waals surface area contributed by atoms with Gasteiger partial charge in [0.2, 0.25) is 5.91 Å². The lowest BCUT2D eigenvalue weighted by Gasteiger charge is -2.06. The third-order valence-corrected chi connectivity index (χ3v) is 2.58. The third-order valence-electron chi connectivity index (χ3n) is 2.58. The van der Waals surface area contributed by atoms with Crippen molar-refractivity contribution in [2.45, 2.75) is 13.3 Å². The van der Waals surface area contributed by atoms with E-state index < -0.39 is 0 Å². The molecule has 0 atom stereocenters. The van der Waals surface area contributed by atoms with Gasteiger partial charge < -0.3 is 5.32 Å². The van der Waals surface area contributed by atoms with Gasteiger partial charge in [0, 0.05) is 36.1 Å². The van der Waals surface area contributed by atoms with E-state index in [2.05, 4.69) is 15.3 Å². The molecule has 2 aromatic heterocycles. The summed E-state index contributed by atoms with van der Waals surface area (Å²) in [6, 6.07) is 5.28. The van der Waals surface area contributed by atoms with E-state index in [-0.39, 0.29) is 5.91 Å². The molecule has 0 spiro atoms. The summed E-state index contributed by atoms with van der Waals surface area (Å²) in [5, 5.41) is 2.69. The fraction of sp³-hybridized carbons (Fsp3) is 0.143. The minimum absolute atomic E-state index is 0.0931. The average molecular weight is 255 g/mol. The van der Waals surface area contributed by atoms with E-state index >= 15 is 0 Å². The molecular formula is C14H13N3O2. The molecule has 19 heavy (non-hydrogen) atoms. The van der Waals surface area contributed by atoms with Crippen molar-refractivity contribution in [1.29, 1.82) is 0 Å². The van der Waals surface area contributed by atoms with Gasteiger partial charge in [-0.1, -0.05) is 6.92 Å². The number of amides is 1. The Morgan fingerprint density at radius 3 is 2.89 bits per heavy atom. The first-order valence-electron chi connectivity index (χ1n) is 5.89. The van der Waals surface area contributed by atoms with Crippen molar-refractivity contribution in [1.82, 2.24) is 9.97 Å². The second-order valence-electron chi connectivity index (χ2n) is 3.96. The average Bonchev–Trinajstić information content (AvgIpc) is 2.47. The van der Waals surface area contributed by atoms with Gasteiger partial charge in [0.05, 0.1) is 0 Å². The van der Waals surface area contributed by atoms with Crippen molar-refractivity contribution in [3.8, 4) is 11.1 Å². The van der Waals surface area contributed by atoms with Crippen LogP contribution in [0.25, 0.3) is 11.1 Å². The smallest absolute Gasteiger partial charge is 0.225 e. The molecule has 1 amide bonds. The topological polar surface area (TPSA) is 72.0 Å². The maximum Gasteiger partial charge on any atom is 0.225 e. The third kappa shape index (κ3) is 3.22. The van der Waals surface area contributed by atoms with Gasteiger partial charge in [-0.05, 0) is 23.8 Å². The molecule has 2 aromatic rings. The molecule has 2 heterocycles. The number of aldehydes is 1. The van der Waals surface area contributed by atoms with Crippen LogP contribution >= 0.6 is 0 Å². The van der Waals surface area contributed by atoms with Gasteiger partial charge in [-0.2, -0.15) is 0 Å². The van der Waals surface area contributed by atoms with Gasteiger partial charge in [-0.15, -0.1) is 0 Å². The molecule has 0 saturated carbocycles. The zero-order valence-electron chi connectivity index (χ0n) is 10.5. The van der Waals surface area contributed by atoms with Crippen LogP contribution in [0.2, 0.25) is 0 Å². The van der Waals surface area contributed by atoms with Gasteiger partial charge in [0.15, 0.2) is 6.29 Å². The number of rotatable bonds is 4. The molecule has 0 saturated heterocycles. The van der Waals surface area contributed by atoms with Crippen molar-refractivity contribution in [2.24, 2.45) is 0 Å². The van der Waals surface area contributed by atoms with Crippen LogP contribution < -0.4 is 5.32 Å². The minimum atomic E-state index is -0.0931. The van der Waals surface area contributed by atoms with E-state index in [9.17, 15) is 9.59 Å². The fourth-order valence-corrected chi connectivity index (χ4v) is 1.59. The lowest BCUT2D eigenvalue weighted by atomic mass is 10.1. The Bertz CT molecular complexity index is 611. The number of anilines is 1. The van der Waals surface area contributed by atoms with Crippen LogP contribution in [0, 0.1) is 0 Å². The van der Waals surface area contributed by atoms with Crippen molar-refractivity contribution in [3.63, 3.8) is 0 Å². The largest absolute Gasteiger partial charge is 0.311 e. The zero-order valence-corrected chi connectivity index (χ0v) is 10.5. The monoisotopic (exact) mass is 255 g/mol. The van der Waals surface area contributed by atoms with Crippen LogP contribution in [-0.4, -0.2) is 22.2 Å². The highest BCUT2D eigenvalue weighted by Crippen LogP contribution is 2.21. The number of hydrogen-bond donors (Lipinski definition) is 1. The summed E-state index contributed by atoms with van der Waals surface area (Å²) in [4.78, 5) is 30.1. The van der Waals surface area contributed by atoms with E-state index in [1.54, 1.807) is 37.5 Å². The number of carbonyl (C=O) groups is 2. The second kappa shape index (κ2) is 5.86. The van der Waals surface area contributed by atoms with Crippen LogP contribution in [-0.2, 0) is 4.79 Å². The maximum atomic E-state index is 11.3. The van der Waals surface area contributed by atoms with Crippen molar-refractivity contribution >= 4 is 18.0 Å². The Labute approximate surface area is 110 Å². The summed E-state index contributed by atoms with van der Waals surface area (Å²) in [6.07, 6.45) is 5.91. The first-order valence-corrected chi connectivity index (χ1v) is 5.89. The lowest BCUT2D eigenvalue weighted by Crippen LogP contribution is -2.10. The first kappa shape index (κ1) is 12.9. The van der Waals surface area contributed by atoms with Crippen molar-refractivity contribution in [3.05, 3.63) is 42.4 Å². The van der Waals surface area contributed by atoms with Crippen LogP contribution in [0.4, 0.5) is 5.82 Å². The van der Waals surface area contributed by atoms with Gasteiger partial charge in [-0.3, -0.25) is 14.6 Å². The van der Waals surface area contributed by atoms with Crippen molar-refractivity contribution in [2.75, 3.05) is 5.32 Å². The van der Waals surface area contributed by atoms with Crippen LogP contribution in [0.3, 0.4) is 0 Å². The summed E-state index contributed by atoms with van der Waals surface area (Å²) in [5.41, 5.74) is 2.16. The Kier molecular flexibility index (Phi) is 3.97. The predicted molar refractivity (Wildman–Crippen MR) is 71.8 cm³/mol. The molecular weight excluding hydrogens is 242 g/mol. The summed E-state index contributed by atoms with van der Waals surface area (Å²) >= 11 is 0. The molecule has 0 unspecified atom stereocenters. The quantitative estimate of drug-likeness (QED) is 0.851. The van der Waals surface area contributed by atoms with E-state index in [0.717, 1.165) is 17.4 Å². The SMILES string of the molecule is CCC(=O)Nc1cc(-c2cncc(C=O)c2)ccn1. The van der Waals surface area contributed by atoms with E-state index in [1.165, 1.54) is 6.20 Å². The number of aromatic nitrogens is 2. The second-order valence-corrected chi connectivity index (χ2v) is 3.96. The van der Waals surface area contributed by atoms with Gasteiger partial charge >= 0.3 is 0 Å². The van der Waals surface area contributed by atoms with Crippen molar-refractivity contribution < 1.29 is 9.59 Å². The number of nitrogens with zero attached hydrogens (tertiary/aromatic N) is 2. The summed E-state index contributed by atoms with van der Waals surface area (Å²) < 4.78 is 0. The normalized spacial score (nSPS) is 9.95. The zero-order chi connectivity index (χ0) is 13.7. The highest BCUT2D eigenvalue weighted by atomic mass is 16.1. The fourth-order valence-electron chi connectivity index (χ4n) is 1.59. The Balaban J connectivity index is 2.31. The number of pyridine rings is 2. The molecule has 0 aromatic carbocycles. The van der Waals surface area contributed by atoms with E-state index in [0.29, 0.717) is 17.8 Å². The molecule has 0 radical (unpaired) electrons. The van der Waals surface area contributed by atoms with Gasteiger partial charge in [-0.25, -0.2) is 4.98 Å². The summed E-state index contributed by atoms with van der Waals surface area (Å²) in [7, 11) is 0. The lowest BCUT2D eigenvalue weighted by molar-refractivity contribution is -0.115. The number of nitrogens with one attached hydrogen (secondary N) is 1. The van der Waals surface area contributed by atoms with Crippen LogP contribution in [0.15, 0.2) is 36.8 Å². The molecule has 1 N–H and O–H groups in total. The number of carbonyl (C=O) groups excluding carboxylic acids is 2. The summed E-state index contributed by atoms with van der Waals surface area (Å²) in [6.45, 7) is 1.77. The molecule has 96 valence electrons. The highest BCUT2D eigenvalue weighted by molar-refractivity contribution is 5.90. The maximum absolute atomic E-state index is 11.3. The predicted octanol–water partition coefficient (Wildman–Crippen LogP) is 2.30. The van der Waals surface area contributed by atoms with E-state index in [1.807, 2.05) is 0 Å². The molecule has 2 rings (SSSR count). The minimum Gasteiger partial charge on any atom is -0.311 e. The molecule has 0 aliphatic carbocycles. The van der Waals surface area contributed by atoms with Crippen LogP contribution in [0.1, 0.15) is 23.7 Å². The van der Waals surface area contributed by atoms with Crippen LogP contribution in [0.5, 0.6) is 0 Å². The Hall–Kier alpha value is -2.56. The first-order chi connectivity index (χ1) is 9.22. The molecule has 0 aliphatic rings. The summed E-state index contributed by atoms with van der Waals surface area (Å²) in [5.74, 6) is 0.394. The molecule has 5 heteroatoms. The molecule has 0 aliphatic heterocycles. The Morgan fingerprint density at radius 2 is 2.16 bits per heavy atom. The highest BCUT2D eigenvalue weighted by Gasteiger charge is 2.04. The van der Waals surface area contributed by atoms with E-state index in [4.69, 9.17) is 0 Å².